The molecule has 0 aliphatic carbocycles. The van der Waals surface area contributed by atoms with Gasteiger partial charge in [-0.1, -0.05) is 0 Å². The first-order valence-electron chi connectivity index (χ1n) is 4.15. The first kappa shape index (κ1) is 16.7. The molecule has 10 nitrogen and oxygen atoms in total. The smallest absolute Gasteiger partial charge is 0.371 e. The summed E-state index contributed by atoms with van der Waals surface area (Å²) in [4.78, 5) is 46.1. The molecule has 17 heavy (non-hydrogen) atoms. The number of aliphatic hydroxyl groups is 1. The van der Waals surface area contributed by atoms with Crippen LogP contribution in [0.5, 0.6) is 0 Å². The van der Waals surface area contributed by atoms with Gasteiger partial charge in [0.2, 0.25) is 0 Å². The van der Waals surface area contributed by atoms with Crippen LogP contribution in [0.3, 0.4) is 0 Å². The van der Waals surface area contributed by atoms with Crippen LogP contribution in [0, 0.1) is 0 Å². The van der Waals surface area contributed by atoms with Crippen molar-refractivity contribution < 1.29 is 43.3 Å². The molecule has 0 aromatic heterocycles. The van der Waals surface area contributed by atoms with Gasteiger partial charge in [0.15, 0.2) is 6.04 Å². The molecule has 0 heterocycles. The van der Waals surface area contributed by atoms with Gasteiger partial charge < -0.3 is 35.2 Å². The highest BCUT2D eigenvalue weighted by Crippen LogP contribution is 2.68. The number of hydrogen-bond acceptors (Lipinski definition) is 6. The van der Waals surface area contributed by atoms with Gasteiger partial charge in [0.25, 0.3) is 5.08 Å². The summed E-state index contributed by atoms with van der Waals surface area (Å²) in [6.07, 6.45) is 0. The largest absolute Gasteiger partial charge is 0.465 e. The Morgan fingerprint density at radius 3 is 1.88 bits per heavy atom. The molecule has 0 rings (SSSR count). The topological polar surface area (TPSA) is 188 Å². The molecule has 0 spiro atoms. The van der Waals surface area contributed by atoms with Gasteiger partial charge in [-0.2, -0.15) is 0 Å². The Hall–Kier alpha value is -0.310. The minimum atomic E-state index is -5.78. The molecule has 0 saturated heterocycles. The summed E-state index contributed by atoms with van der Waals surface area (Å²) in [6, 6.07) is -2.58. The molecule has 0 saturated carbocycles. The third kappa shape index (κ3) is 3.12. The molecule has 0 bridgehead atoms. The van der Waals surface area contributed by atoms with Gasteiger partial charge in [-0.25, -0.2) is 0 Å². The summed E-state index contributed by atoms with van der Waals surface area (Å²) in [5.41, 5.74) is 4.95. The summed E-state index contributed by atoms with van der Waals surface area (Å²) < 4.78 is 26.1. The Labute approximate surface area is 95.7 Å². The van der Waals surface area contributed by atoms with E-state index in [0.29, 0.717) is 0 Å². The third-order valence-corrected chi connectivity index (χ3v) is 5.65. The number of hydrogen-bond donors (Lipinski definition) is 6. The van der Waals surface area contributed by atoms with Crippen molar-refractivity contribution in [3.63, 3.8) is 0 Å². The van der Waals surface area contributed by atoms with Gasteiger partial charge in [-0.05, 0) is 6.92 Å². The zero-order valence-corrected chi connectivity index (χ0v) is 10.4. The van der Waals surface area contributed by atoms with Crippen LogP contribution in [0.25, 0.3) is 0 Å². The average Bonchev–Trinajstić information content (AvgIpc) is 2.12. The molecule has 0 aromatic carbocycles. The second-order valence-electron chi connectivity index (χ2n) is 3.01. The molecule has 0 aliphatic heterocycles. The van der Waals surface area contributed by atoms with Crippen LogP contribution < -0.4 is 5.73 Å². The zero-order valence-electron chi connectivity index (χ0n) is 8.63. The van der Waals surface area contributed by atoms with E-state index < -0.39 is 32.3 Å². The van der Waals surface area contributed by atoms with Gasteiger partial charge in [0.1, 0.15) is 0 Å². The first-order chi connectivity index (χ1) is 7.39. The monoisotopic (exact) mass is 293 g/mol. The van der Waals surface area contributed by atoms with Crippen molar-refractivity contribution in [3.05, 3.63) is 0 Å². The lowest BCUT2D eigenvalue weighted by atomic mass is 10.3. The fourth-order valence-electron chi connectivity index (χ4n) is 0.922. The van der Waals surface area contributed by atoms with Crippen molar-refractivity contribution in [2.45, 2.75) is 18.0 Å². The molecule has 1 unspecified atom stereocenters. The van der Waals surface area contributed by atoms with Gasteiger partial charge in [0, 0.05) is 0 Å². The molecule has 0 aliphatic rings. The Morgan fingerprint density at radius 2 is 1.65 bits per heavy atom. The molecular weight excluding hydrogens is 280 g/mol. The van der Waals surface area contributed by atoms with E-state index in [9.17, 15) is 19.0 Å². The number of esters is 1. The Bertz CT molecular complexity index is 361. The fraction of sp³-hybridized carbons (Fsp3) is 0.800. The molecule has 0 radical (unpaired) electrons. The molecule has 7 N–H and O–H groups in total. The van der Waals surface area contributed by atoms with Crippen LogP contribution in [0.15, 0.2) is 0 Å². The van der Waals surface area contributed by atoms with Crippen LogP contribution in [-0.2, 0) is 18.7 Å². The fourth-order valence-corrected chi connectivity index (χ4v) is 3.22. The second-order valence-corrected chi connectivity index (χ2v) is 6.90. The summed E-state index contributed by atoms with van der Waals surface area (Å²) in [5.74, 6) is -1.54. The van der Waals surface area contributed by atoms with Gasteiger partial charge >= 0.3 is 21.2 Å². The van der Waals surface area contributed by atoms with E-state index >= 15 is 0 Å². The highest BCUT2D eigenvalue weighted by molar-refractivity contribution is 7.72. The summed E-state index contributed by atoms with van der Waals surface area (Å²) in [6.45, 7) is 1.09. The van der Waals surface area contributed by atoms with Gasteiger partial charge in [-0.3, -0.25) is 13.9 Å². The van der Waals surface area contributed by atoms with Crippen LogP contribution in [0.2, 0.25) is 0 Å². The van der Waals surface area contributed by atoms with E-state index in [4.69, 9.17) is 25.3 Å². The molecule has 0 amide bonds. The van der Waals surface area contributed by atoms with Crippen LogP contribution >= 0.6 is 15.2 Å². The van der Waals surface area contributed by atoms with Gasteiger partial charge in [-0.15, -0.1) is 0 Å². The molecule has 0 fully saturated rings. The highest BCUT2D eigenvalue weighted by atomic mass is 31.2. The van der Waals surface area contributed by atoms with Crippen molar-refractivity contribution >= 4 is 21.2 Å². The SMILES string of the molecule is CCOC(=O)C(N)C(O)(P(=O)(O)O)P(=O)(O)O. The average molecular weight is 293 g/mol. The summed E-state index contributed by atoms with van der Waals surface area (Å²) >= 11 is 0. The van der Waals surface area contributed by atoms with E-state index in [2.05, 4.69) is 4.74 Å². The number of ether oxygens (including phenoxy) is 1. The number of carbonyl (C=O) groups excluding carboxylic acids is 1. The van der Waals surface area contributed by atoms with Crippen LogP contribution in [0.4, 0.5) is 0 Å². The van der Waals surface area contributed by atoms with Crippen molar-refractivity contribution in [1.82, 2.24) is 0 Å². The molecule has 1 atom stereocenters. The summed E-state index contributed by atoms with van der Waals surface area (Å²) in [7, 11) is -11.6. The Morgan fingerprint density at radius 1 is 1.29 bits per heavy atom. The predicted octanol–water partition coefficient (Wildman–Crippen LogP) is -2.12. The lowest BCUT2D eigenvalue weighted by molar-refractivity contribution is -0.147. The maximum atomic E-state index is 11.1. The highest BCUT2D eigenvalue weighted by Gasteiger charge is 2.66. The minimum absolute atomic E-state index is 0.245. The van der Waals surface area contributed by atoms with E-state index in [1.807, 2.05) is 0 Å². The quantitative estimate of drug-likeness (QED) is 0.241. The van der Waals surface area contributed by atoms with Crippen molar-refractivity contribution in [3.8, 4) is 0 Å². The minimum Gasteiger partial charge on any atom is -0.465 e. The van der Waals surface area contributed by atoms with Crippen molar-refractivity contribution in [2.24, 2.45) is 5.73 Å². The first-order valence-corrected chi connectivity index (χ1v) is 7.38. The third-order valence-electron chi connectivity index (χ3n) is 1.82. The second kappa shape index (κ2) is 5.13. The molecule has 12 heteroatoms. The molecule has 102 valence electrons. The lowest BCUT2D eigenvalue weighted by Gasteiger charge is -2.32. The van der Waals surface area contributed by atoms with E-state index in [-0.39, 0.29) is 6.61 Å². The maximum absolute atomic E-state index is 11.1. The molecule has 0 aromatic rings. The van der Waals surface area contributed by atoms with E-state index in [1.165, 1.54) is 6.92 Å². The Kier molecular flexibility index (Phi) is 5.04. The summed E-state index contributed by atoms with van der Waals surface area (Å²) in [5, 5.41) is 5.39. The maximum Gasteiger partial charge on any atom is 0.371 e. The standard InChI is InChI=1S/C5H13NO9P2/c1-2-15-4(7)3(6)5(8,16(9,10)11)17(12,13)14/h3,8H,2,6H2,1H3,(H2,9,10,11)(H2,12,13,14). The van der Waals surface area contributed by atoms with Crippen molar-refractivity contribution in [2.75, 3.05) is 6.61 Å². The molecular formula is C5H13NO9P2. The zero-order chi connectivity index (χ0) is 14.1. The number of rotatable bonds is 5. The Balaban J connectivity index is 5.61. The number of carbonyl (C=O) groups is 1. The van der Waals surface area contributed by atoms with E-state index in [1.54, 1.807) is 0 Å². The van der Waals surface area contributed by atoms with E-state index in [0.717, 1.165) is 0 Å². The normalized spacial score (nSPS) is 15.5. The van der Waals surface area contributed by atoms with Crippen LogP contribution in [0.1, 0.15) is 6.92 Å². The number of nitrogens with two attached hydrogens (primary N) is 1. The predicted molar refractivity (Wildman–Crippen MR) is 53.6 cm³/mol. The van der Waals surface area contributed by atoms with Crippen molar-refractivity contribution in [1.29, 1.82) is 0 Å². The lowest BCUT2D eigenvalue weighted by Crippen LogP contribution is -2.52. The van der Waals surface area contributed by atoms with Crippen LogP contribution in [-0.4, -0.2) is 48.4 Å². The van der Waals surface area contributed by atoms with Gasteiger partial charge in [0.05, 0.1) is 6.61 Å².